The van der Waals surface area contributed by atoms with Crippen LogP contribution in [-0.4, -0.2) is 75.7 Å². The number of benzene rings is 1. The van der Waals surface area contributed by atoms with Crippen LogP contribution in [0.25, 0.3) is 0 Å². The number of urea groups is 1. The van der Waals surface area contributed by atoms with Gasteiger partial charge in [-0.25, -0.2) is 13.2 Å². The number of carbonyl (C=O) groups is 1. The maximum atomic E-state index is 12.8. The highest BCUT2D eigenvalue weighted by atomic mass is 32.2. The van der Waals surface area contributed by atoms with E-state index < -0.39 is 10.0 Å². The summed E-state index contributed by atoms with van der Waals surface area (Å²) in [7, 11) is -2.04. The first-order chi connectivity index (χ1) is 12.9. The first kappa shape index (κ1) is 19.9. The number of nitrogens with one attached hydrogen (secondary N) is 1. The van der Waals surface area contributed by atoms with Crippen molar-refractivity contribution in [3.63, 3.8) is 0 Å². The Morgan fingerprint density at radius 1 is 1.22 bits per heavy atom. The quantitative estimate of drug-likeness (QED) is 0.809. The van der Waals surface area contributed by atoms with Crippen LogP contribution in [0.2, 0.25) is 0 Å². The van der Waals surface area contributed by atoms with Gasteiger partial charge < -0.3 is 19.7 Å². The van der Waals surface area contributed by atoms with Gasteiger partial charge in [0, 0.05) is 32.8 Å². The molecule has 9 heteroatoms. The maximum absolute atomic E-state index is 12.8. The Balaban J connectivity index is 1.54. The van der Waals surface area contributed by atoms with Gasteiger partial charge in [-0.15, -0.1) is 0 Å². The molecule has 0 radical (unpaired) electrons. The third-order valence-electron chi connectivity index (χ3n) is 5.10. The molecule has 0 aliphatic carbocycles. The number of carbonyl (C=O) groups excluding carboxylic acids is 1. The zero-order chi connectivity index (χ0) is 19.4. The van der Waals surface area contributed by atoms with Crippen LogP contribution < -0.4 is 10.1 Å². The molecule has 2 atom stereocenters. The molecule has 1 aromatic rings. The van der Waals surface area contributed by atoms with Crippen LogP contribution in [0.15, 0.2) is 29.2 Å². The largest absolute Gasteiger partial charge is 0.497 e. The second kappa shape index (κ2) is 8.45. The highest BCUT2D eigenvalue weighted by Crippen LogP contribution is 2.21. The molecule has 2 amide bonds. The van der Waals surface area contributed by atoms with Crippen molar-refractivity contribution in [3.05, 3.63) is 24.3 Å². The van der Waals surface area contributed by atoms with Gasteiger partial charge in [-0.2, -0.15) is 4.31 Å². The number of methoxy groups -OCH3 is 1. The Labute approximate surface area is 160 Å². The molecule has 0 aromatic heterocycles. The molecular formula is C18H27N3O5S. The van der Waals surface area contributed by atoms with Crippen molar-refractivity contribution in [2.75, 3.05) is 39.9 Å². The van der Waals surface area contributed by atoms with Crippen molar-refractivity contribution in [2.24, 2.45) is 0 Å². The number of hydrogen-bond acceptors (Lipinski definition) is 5. The highest BCUT2D eigenvalue weighted by molar-refractivity contribution is 7.89. The highest BCUT2D eigenvalue weighted by Gasteiger charge is 2.31. The van der Waals surface area contributed by atoms with E-state index in [-0.39, 0.29) is 36.2 Å². The monoisotopic (exact) mass is 397 g/mol. The van der Waals surface area contributed by atoms with Crippen LogP contribution in [0, 0.1) is 0 Å². The lowest BCUT2D eigenvalue weighted by molar-refractivity contribution is 0.0821. The smallest absolute Gasteiger partial charge is 0.317 e. The lowest BCUT2D eigenvalue weighted by Gasteiger charge is -2.35. The van der Waals surface area contributed by atoms with E-state index in [0.29, 0.717) is 18.8 Å². The van der Waals surface area contributed by atoms with Gasteiger partial charge in [-0.05, 0) is 44.0 Å². The molecule has 2 saturated heterocycles. The summed E-state index contributed by atoms with van der Waals surface area (Å²) in [6.45, 7) is 3.95. The molecule has 0 saturated carbocycles. The third-order valence-corrected chi connectivity index (χ3v) is 7.01. The van der Waals surface area contributed by atoms with E-state index >= 15 is 0 Å². The van der Waals surface area contributed by atoms with Gasteiger partial charge in [0.1, 0.15) is 5.75 Å². The summed E-state index contributed by atoms with van der Waals surface area (Å²) in [6, 6.07) is 6.11. The summed E-state index contributed by atoms with van der Waals surface area (Å²) in [4.78, 5) is 14.3. The molecule has 2 fully saturated rings. The fourth-order valence-electron chi connectivity index (χ4n) is 3.40. The van der Waals surface area contributed by atoms with Crippen LogP contribution in [0.4, 0.5) is 4.79 Å². The minimum Gasteiger partial charge on any atom is -0.497 e. The van der Waals surface area contributed by atoms with Gasteiger partial charge in [0.15, 0.2) is 0 Å². The van der Waals surface area contributed by atoms with E-state index in [1.165, 1.54) is 23.5 Å². The molecule has 8 nitrogen and oxygen atoms in total. The summed E-state index contributed by atoms with van der Waals surface area (Å²) in [5.74, 6) is 0.607. The number of rotatable bonds is 5. The Kier molecular flexibility index (Phi) is 6.23. The van der Waals surface area contributed by atoms with Crippen molar-refractivity contribution in [1.29, 1.82) is 0 Å². The van der Waals surface area contributed by atoms with Gasteiger partial charge in [0.2, 0.25) is 10.0 Å². The number of piperazine rings is 1. The van der Waals surface area contributed by atoms with Crippen molar-refractivity contribution >= 4 is 16.1 Å². The van der Waals surface area contributed by atoms with Crippen molar-refractivity contribution < 1.29 is 22.7 Å². The minimum atomic E-state index is -3.57. The molecular weight excluding hydrogens is 370 g/mol. The average molecular weight is 397 g/mol. The van der Waals surface area contributed by atoms with Crippen LogP contribution in [0.1, 0.15) is 19.8 Å². The number of amides is 2. The molecule has 27 heavy (non-hydrogen) atoms. The Morgan fingerprint density at radius 2 is 1.89 bits per heavy atom. The lowest BCUT2D eigenvalue weighted by atomic mass is 10.1. The van der Waals surface area contributed by atoms with Gasteiger partial charge in [0.25, 0.3) is 0 Å². The average Bonchev–Trinajstić information content (AvgIpc) is 3.23. The van der Waals surface area contributed by atoms with Crippen molar-refractivity contribution in [1.82, 2.24) is 14.5 Å². The number of nitrogens with zero attached hydrogens (tertiary/aromatic N) is 2. The van der Waals surface area contributed by atoms with E-state index in [0.717, 1.165) is 19.4 Å². The Morgan fingerprint density at radius 3 is 2.44 bits per heavy atom. The Hall–Kier alpha value is -1.84. The normalized spacial score (nSPS) is 22.4. The summed E-state index contributed by atoms with van der Waals surface area (Å²) < 4.78 is 37.6. The predicted octanol–water partition coefficient (Wildman–Crippen LogP) is 1.28. The van der Waals surface area contributed by atoms with E-state index in [1.54, 1.807) is 17.0 Å². The van der Waals surface area contributed by atoms with Gasteiger partial charge in [0.05, 0.1) is 24.2 Å². The lowest BCUT2D eigenvalue weighted by Crippen LogP contribution is -2.55. The van der Waals surface area contributed by atoms with Crippen LogP contribution in [-0.2, 0) is 14.8 Å². The van der Waals surface area contributed by atoms with Gasteiger partial charge in [-0.3, -0.25) is 0 Å². The van der Waals surface area contributed by atoms with Crippen LogP contribution in [0.5, 0.6) is 5.75 Å². The molecule has 3 rings (SSSR count). The molecule has 0 unspecified atom stereocenters. The van der Waals surface area contributed by atoms with E-state index in [4.69, 9.17) is 9.47 Å². The predicted molar refractivity (Wildman–Crippen MR) is 100 cm³/mol. The molecule has 1 aromatic carbocycles. The molecule has 0 bridgehead atoms. The molecule has 2 heterocycles. The van der Waals surface area contributed by atoms with Crippen molar-refractivity contribution in [2.45, 2.75) is 36.8 Å². The second-order valence-corrected chi connectivity index (χ2v) is 8.79. The SMILES string of the molecule is COc1ccc(S(=O)(=O)N2CCN(C(=O)N[C@@H](C)[C@H]3CCCO3)CC2)cc1. The summed E-state index contributed by atoms with van der Waals surface area (Å²) in [5, 5.41) is 2.97. The standard InChI is InChI=1S/C18H27N3O5S/c1-14(17-4-3-13-26-17)19-18(22)20-9-11-21(12-10-20)27(23,24)16-7-5-15(25-2)6-8-16/h5-8,14,17H,3-4,9-13H2,1-2H3,(H,19,22)/t14-,17+/m0/s1. The second-order valence-electron chi connectivity index (χ2n) is 6.86. The van der Waals surface area contributed by atoms with Crippen LogP contribution in [0.3, 0.4) is 0 Å². The molecule has 1 N–H and O–H groups in total. The van der Waals surface area contributed by atoms with E-state index in [2.05, 4.69) is 5.32 Å². The Bertz CT molecular complexity index is 739. The molecule has 2 aliphatic rings. The van der Waals surface area contributed by atoms with E-state index in [1.807, 2.05) is 6.92 Å². The summed E-state index contributed by atoms with van der Waals surface area (Å²) in [5.41, 5.74) is 0. The third kappa shape index (κ3) is 4.53. The maximum Gasteiger partial charge on any atom is 0.317 e. The van der Waals surface area contributed by atoms with Gasteiger partial charge >= 0.3 is 6.03 Å². The van der Waals surface area contributed by atoms with Crippen LogP contribution >= 0.6 is 0 Å². The topological polar surface area (TPSA) is 88.2 Å². The van der Waals surface area contributed by atoms with Gasteiger partial charge in [-0.1, -0.05) is 0 Å². The minimum absolute atomic E-state index is 0.0546. The number of hydrogen-bond donors (Lipinski definition) is 1. The molecule has 2 aliphatic heterocycles. The summed E-state index contributed by atoms with van der Waals surface area (Å²) >= 11 is 0. The number of ether oxygens (including phenoxy) is 2. The first-order valence-electron chi connectivity index (χ1n) is 9.23. The number of sulfonamides is 1. The fraction of sp³-hybridized carbons (Fsp3) is 0.611. The van der Waals surface area contributed by atoms with E-state index in [9.17, 15) is 13.2 Å². The zero-order valence-electron chi connectivity index (χ0n) is 15.8. The zero-order valence-corrected chi connectivity index (χ0v) is 16.6. The van der Waals surface area contributed by atoms with Crippen molar-refractivity contribution in [3.8, 4) is 5.75 Å². The fourth-order valence-corrected chi connectivity index (χ4v) is 4.83. The first-order valence-corrected chi connectivity index (χ1v) is 10.7. The summed E-state index contributed by atoms with van der Waals surface area (Å²) in [6.07, 6.45) is 2.04. The molecule has 150 valence electrons. The molecule has 0 spiro atoms.